The second-order valence-electron chi connectivity index (χ2n) is 5.89. The molecule has 0 radical (unpaired) electrons. The average Bonchev–Trinajstić information content (AvgIpc) is 2.63. The number of benzene rings is 2. The predicted molar refractivity (Wildman–Crippen MR) is 106 cm³/mol. The van der Waals surface area contributed by atoms with Crippen LogP contribution in [0.2, 0.25) is 0 Å². The highest BCUT2D eigenvalue weighted by molar-refractivity contribution is 6.58. The second kappa shape index (κ2) is 9.10. The van der Waals surface area contributed by atoms with Crippen molar-refractivity contribution in [3.8, 4) is 0 Å². The highest BCUT2D eigenvalue weighted by atomic mass is 16.4. The first-order valence-corrected chi connectivity index (χ1v) is 8.16. The molecule has 0 spiro atoms. The third-order valence-corrected chi connectivity index (χ3v) is 4.10. The lowest BCUT2D eigenvalue weighted by Crippen LogP contribution is -2.31. The molecule has 7 heteroatoms. The van der Waals surface area contributed by atoms with Gasteiger partial charge in [-0.15, -0.1) is 0 Å². The molecule has 6 nitrogen and oxygen atoms in total. The maximum Gasteiger partial charge on any atom is 0.488 e. The second-order valence-corrected chi connectivity index (χ2v) is 5.89. The molecule has 1 unspecified atom stereocenters. The zero-order valence-electron chi connectivity index (χ0n) is 14.6. The molecule has 0 aromatic heterocycles. The minimum atomic E-state index is -1.54. The van der Waals surface area contributed by atoms with Gasteiger partial charge >= 0.3 is 7.12 Å². The number of hydrogen-bond acceptors (Lipinski definition) is 5. The molecule has 1 amide bonds. The van der Waals surface area contributed by atoms with E-state index in [4.69, 9.17) is 15.8 Å². The number of aliphatic imine (C=N–C) groups is 1. The largest absolute Gasteiger partial charge is 0.488 e. The van der Waals surface area contributed by atoms with Crippen molar-refractivity contribution in [2.24, 2.45) is 10.7 Å². The van der Waals surface area contributed by atoms with Crippen LogP contribution in [0.15, 0.2) is 53.7 Å². The van der Waals surface area contributed by atoms with Gasteiger partial charge in [0.1, 0.15) is 0 Å². The van der Waals surface area contributed by atoms with E-state index in [9.17, 15) is 4.79 Å². The van der Waals surface area contributed by atoms with Gasteiger partial charge in [0.2, 0.25) is 5.91 Å². The number of hydrogen-bond donors (Lipinski definition) is 4. The molecule has 0 aliphatic carbocycles. The van der Waals surface area contributed by atoms with Crippen LogP contribution in [0.3, 0.4) is 0 Å². The Morgan fingerprint density at radius 2 is 2.00 bits per heavy atom. The summed E-state index contributed by atoms with van der Waals surface area (Å²) in [5, 5.41) is 21.2. The summed E-state index contributed by atoms with van der Waals surface area (Å²) in [5.41, 5.74) is 9.49. The number of carbonyl (C=O) groups excluding carboxylic acids is 1. The summed E-state index contributed by atoms with van der Waals surface area (Å²) in [6.07, 6.45) is 3.41. The Hall–Kier alpha value is -2.74. The highest BCUT2D eigenvalue weighted by Crippen LogP contribution is 2.20. The summed E-state index contributed by atoms with van der Waals surface area (Å²) >= 11 is 0. The molecule has 0 aliphatic rings. The van der Waals surface area contributed by atoms with Crippen LogP contribution in [-0.4, -0.2) is 36.3 Å². The maximum absolute atomic E-state index is 12.6. The highest BCUT2D eigenvalue weighted by Gasteiger charge is 2.20. The van der Waals surface area contributed by atoms with Crippen LogP contribution in [0.4, 0.5) is 5.69 Å². The first-order valence-electron chi connectivity index (χ1n) is 8.16. The number of anilines is 1. The number of aryl methyl sites for hydroxylation is 1. The lowest BCUT2D eigenvalue weighted by atomic mass is 9.79. The van der Waals surface area contributed by atoms with Crippen LogP contribution >= 0.6 is 0 Å². The van der Waals surface area contributed by atoms with Gasteiger partial charge in [-0.05, 0) is 54.0 Å². The Balaban J connectivity index is 2.18. The molecule has 0 saturated heterocycles. The van der Waals surface area contributed by atoms with E-state index in [0.717, 1.165) is 11.1 Å². The summed E-state index contributed by atoms with van der Waals surface area (Å²) in [4.78, 5) is 16.3. The topological polar surface area (TPSA) is 108 Å². The zero-order valence-corrected chi connectivity index (χ0v) is 14.6. The molecule has 0 bridgehead atoms. The van der Waals surface area contributed by atoms with Gasteiger partial charge in [0.15, 0.2) is 0 Å². The Kier molecular flexibility index (Phi) is 6.85. The van der Waals surface area contributed by atoms with Gasteiger partial charge in [-0.1, -0.05) is 30.3 Å². The number of nitrogens with zero attached hydrogens (tertiary/aromatic N) is 1. The van der Waals surface area contributed by atoms with Gasteiger partial charge in [-0.2, -0.15) is 0 Å². The molecule has 134 valence electrons. The van der Waals surface area contributed by atoms with E-state index < -0.39 is 13.0 Å². The minimum absolute atomic E-state index is 0.131. The zero-order chi connectivity index (χ0) is 19.1. The minimum Gasteiger partial charge on any atom is -0.423 e. The van der Waals surface area contributed by atoms with Crippen LogP contribution in [0, 0.1) is 6.92 Å². The quantitative estimate of drug-likeness (QED) is 0.441. The van der Waals surface area contributed by atoms with Crippen molar-refractivity contribution < 1.29 is 14.8 Å². The van der Waals surface area contributed by atoms with E-state index >= 15 is 0 Å². The van der Waals surface area contributed by atoms with Crippen molar-refractivity contribution in [2.45, 2.75) is 12.8 Å². The molecular weight excluding hydrogens is 329 g/mol. The molecule has 0 aliphatic heterocycles. The maximum atomic E-state index is 12.6. The fourth-order valence-corrected chi connectivity index (χ4v) is 2.56. The third-order valence-electron chi connectivity index (χ3n) is 4.10. The van der Waals surface area contributed by atoms with Crippen LogP contribution in [0.1, 0.15) is 22.6 Å². The van der Waals surface area contributed by atoms with Gasteiger partial charge in [0, 0.05) is 18.4 Å². The van der Waals surface area contributed by atoms with Crippen molar-refractivity contribution in [1.29, 1.82) is 0 Å². The molecule has 2 aromatic carbocycles. The van der Waals surface area contributed by atoms with Crippen LogP contribution in [0.5, 0.6) is 0 Å². The Morgan fingerprint density at radius 1 is 1.31 bits per heavy atom. The molecule has 0 fully saturated rings. The summed E-state index contributed by atoms with van der Waals surface area (Å²) in [6.45, 7) is 5.51. The number of nitrogens with two attached hydrogens (primary N) is 1. The lowest BCUT2D eigenvalue weighted by Gasteiger charge is -2.16. The average molecular weight is 351 g/mol. The molecule has 5 N–H and O–H groups in total. The van der Waals surface area contributed by atoms with E-state index in [1.54, 1.807) is 30.5 Å². The third kappa shape index (κ3) is 4.89. The Bertz CT molecular complexity index is 804. The SMILES string of the molecule is C=N/C=C\c1cc(NC(=O)C(CN)c2ccc(B(O)O)cc2)ccc1C. The summed E-state index contributed by atoms with van der Waals surface area (Å²) in [5.74, 6) is -0.777. The van der Waals surface area contributed by atoms with Gasteiger partial charge in [-0.25, -0.2) is 0 Å². The van der Waals surface area contributed by atoms with Gasteiger partial charge in [0.05, 0.1) is 5.92 Å². The van der Waals surface area contributed by atoms with Crippen molar-refractivity contribution in [2.75, 3.05) is 11.9 Å². The predicted octanol–water partition coefficient (Wildman–Crippen LogP) is 1.03. The number of carbonyl (C=O) groups is 1. The van der Waals surface area contributed by atoms with Crippen molar-refractivity contribution >= 4 is 37.0 Å². The van der Waals surface area contributed by atoms with Crippen molar-refractivity contribution in [3.05, 3.63) is 65.4 Å². The van der Waals surface area contributed by atoms with Gasteiger partial charge < -0.3 is 21.1 Å². The Labute approximate surface area is 153 Å². The van der Waals surface area contributed by atoms with Crippen molar-refractivity contribution in [3.63, 3.8) is 0 Å². The van der Waals surface area contributed by atoms with Crippen LogP contribution < -0.4 is 16.5 Å². The normalized spacial score (nSPS) is 12.0. The molecule has 1 atom stereocenters. The first-order chi connectivity index (χ1) is 12.5. The first kappa shape index (κ1) is 19.6. The molecule has 2 aromatic rings. The summed E-state index contributed by atoms with van der Waals surface area (Å²) in [7, 11) is -1.54. The van der Waals surface area contributed by atoms with Crippen molar-refractivity contribution in [1.82, 2.24) is 0 Å². The van der Waals surface area contributed by atoms with Gasteiger partial charge in [-0.3, -0.25) is 9.79 Å². The molecule has 0 saturated carbocycles. The van der Waals surface area contributed by atoms with Crippen LogP contribution in [-0.2, 0) is 4.79 Å². The molecule has 2 rings (SSSR count). The van der Waals surface area contributed by atoms with Crippen LogP contribution in [0.25, 0.3) is 6.08 Å². The van der Waals surface area contributed by atoms with Gasteiger partial charge in [0.25, 0.3) is 0 Å². The number of nitrogens with one attached hydrogen (secondary N) is 1. The fourth-order valence-electron chi connectivity index (χ4n) is 2.56. The smallest absolute Gasteiger partial charge is 0.423 e. The number of amides is 1. The monoisotopic (exact) mass is 351 g/mol. The fraction of sp³-hybridized carbons (Fsp3) is 0.158. The Morgan fingerprint density at radius 3 is 2.58 bits per heavy atom. The lowest BCUT2D eigenvalue weighted by molar-refractivity contribution is -0.117. The summed E-state index contributed by atoms with van der Waals surface area (Å²) < 4.78 is 0. The van der Waals surface area contributed by atoms with E-state index in [1.807, 2.05) is 31.2 Å². The standard InChI is InChI=1S/C19H22BN3O3/c1-13-3-8-17(11-15(13)9-10-22-2)23-19(24)18(12-21)14-4-6-16(7-5-14)20(25)26/h3-11,18,25-26H,2,12,21H2,1H3,(H,23,24)/b10-9-. The van der Waals surface area contributed by atoms with E-state index in [-0.39, 0.29) is 12.5 Å². The molecule has 0 heterocycles. The molecule has 26 heavy (non-hydrogen) atoms. The number of rotatable bonds is 7. The van der Waals surface area contributed by atoms with E-state index in [1.165, 1.54) is 0 Å². The van der Waals surface area contributed by atoms with E-state index in [0.29, 0.717) is 16.7 Å². The van der Waals surface area contributed by atoms with E-state index in [2.05, 4.69) is 17.0 Å². The summed E-state index contributed by atoms with van der Waals surface area (Å²) in [6, 6.07) is 12.1. The molecular formula is C19H22BN3O3.